The molecule has 2 amide bonds. The summed E-state index contributed by atoms with van der Waals surface area (Å²) < 4.78 is 12.4. The van der Waals surface area contributed by atoms with E-state index in [4.69, 9.17) is 9.47 Å². The first kappa shape index (κ1) is 25.9. The van der Waals surface area contributed by atoms with Gasteiger partial charge in [0.15, 0.2) is 17.0 Å². The van der Waals surface area contributed by atoms with E-state index in [1.807, 2.05) is 24.3 Å². The standard InChI is InChI=1S/C24H23N3O6S3/c1-13(2)20(23(30)31)27-21(29)19(26-18(28)12-33-14-7-5-4-6-8-14)22(27)35-36-24-25-16-11-15(32-3)9-10-17(16)34-24/h4-11,19-20,22H,1,12H2,2-3H3,(H,26,28)(H,30,31). The number of carbonyl (C=O) groups excluding carboxylic acids is 2. The summed E-state index contributed by atoms with van der Waals surface area (Å²) in [5.41, 5.74) is 1.09. The molecule has 9 nitrogen and oxygen atoms in total. The molecule has 2 N–H and O–H groups in total. The summed E-state index contributed by atoms with van der Waals surface area (Å²) in [6.45, 7) is 5.02. The Morgan fingerprint density at radius 1 is 1.25 bits per heavy atom. The van der Waals surface area contributed by atoms with Crippen molar-refractivity contribution in [2.75, 3.05) is 13.7 Å². The number of amides is 2. The van der Waals surface area contributed by atoms with E-state index in [2.05, 4.69) is 16.9 Å². The highest BCUT2D eigenvalue weighted by molar-refractivity contribution is 8.77. The number of carbonyl (C=O) groups is 3. The minimum Gasteiger partial charge on any atom is -0.497 e. The first-order valence-corrected chi connectivity index (χ1v) is 13.8. The molecular formula is C24H23N3O6S3. The predicted octanol–water partition coefficient (Wildman–Crippen LogP) is 3.81. The number of β-lactam (4-membered cyclic amide) rings is 1. The second-order valence-electron chi connectivity index (χ2n) is 7.86. The number of nitrogens with zero attached hydrogens (tertiary/aromatic N) is 2. The largest absolute Gasteiger partial charge is 0.497 e. The van der Waals surface area contributed by atoms with E-state index in [9.17, 15) is 19.5 Å². The second-order valence-corrected chi connectivity index (χ2v) is 11.5. The fraction of sp³-hybridized carbons (Fsp3) is 0.250. The lowest BCUT2D eigenvalue weighted by molar-refractivity contribution is -0.159. The summed E-state index contributed by atoms with van der Waals surface area (Å²) in [5, 5.41) is 11.8. The van der Waals surface area contributed by atoms with Crippen molar-refractivity contribution >= 4 is 60.9 Å². The number of carboxylic acid groups (broad SMARTS) is 1. The number of benzene rings is 2. The SMILES string of the molecule is C=C(C)C(C(=O)O)N1C(=O)C(NC(=O)COc2ccccc2)C1SSc1nc2cc(OC)ccc2s1. The van der Waals surface area contributed by atoms with Crippen molar-refractivity contribution in [2.45, 2.75) is 28.7 Å². The maximum absolute atomic E-state index is 13.0. The Labute approximate surface area is 219 Å². The molecule has 0 bridgehead atoms. The summed E-state index contributed by atoms with van der Waals surface area (Å²) in [6, 6.07) is 12.3. The summed E-state index contributed by atoms with van der Waals surface area (Å²) >= 11 is 1.47. The minimum absolute atomic E-state index is 0.277. The predicted molar refractivity (Wildman–Crippen MR) is 140 cm³/mol. The molecule has 0 saturated carbocycles. The van der Waals surface area contributed by atoms with Crippen LogP contribution in [-0.4, -0.2) is 63.9 Å². The Morgan fingerprint density at radius 3 is 2.67 bits per heavy atom. The number of rotatable bonds is 11. The lowest BCUT2D eigenvalue weighted by Gasteiger charge is -2.48. The number of fused-ring (bicyclic) bond motifs is 1. The number of nitrogens with one attached hydrogen (secondary N) is 1. The lowest BCUT2D eigenvalue weighted by Crippen LogP contribution is -2.73. The highest BCUT2D eigenvalue weighted by Gasteiger charge is 2.54. The van der Waals surface area contributed by atoms with Gasteiger partial charge in [0, 0.05) is 6.07 Å². The van der Waals surface area contributed by atoms with Crippen molar-refractivity contribution in [1.82, 2.24) is 15.2 Å². The second kappa shape index (κ2) is 11.2. The van der Waals surface area contributed by atoms with Crippen molar-refractivity contribution in [3.05, 3.63) is 60.7 Å². The normalized spacial score (nSPS) is 17.8. The fourth-order valence-electron chi connectivity index (χ4n) is 3.58. The van der Waals surface area contributed by atoms with Crippen LogP contribution in [0.1, 0.15) is 6.92 Å². The number of hydrogen-bond acceptors (Lipinski definition) is 9. The number of hydrogen-bond donors (Lipinski definition) is 2. The maximum Gasteiger partial charge on any atom is 0.330 e. The van der Waals surface area contributed by atoms with Crippen LogP contribution in [0.3, 0.4) is 0 Å². The van der Waals surface area contributed by atoms with E-state index < -0.39 is 35.2 Å². The van der Waals surface area contributed by atoms with Gasteiger partial charge in [-0.05, 0) is 47.6 Å². The number of aliphatic carboxylic acids is 1. The van der Waals surface area contributed by atoms with Gasteiger partial charge in [-0.15, -0.1) is 11.3 Å². The van der Waals surface area contributed by atoms with Gasteiger partial charge in [0.25, 0.3) is 5.91 Å². The molecule has 2 aromatic carbocycles. The van der Waals surface area contributed by atoms with E-state index in [1.165, 1.54) is 37.8 Å². The van der Waals surface area contributed by atoms with Gasteiger partial charge in [0.1, 0.15) is 22.9 Å². The van der Waals surface area contributed by atoms with Gasteiger partial charge in [0.05, 0.1) is 17.3 Å². The van der Waals surface area contributed by atoms with Gasteiger partial charge >= 0.3 is 5.97 Å². The number of aromatic nitrogens is 1. The summed E-state index contributed by atoms with van der Waals surface area (Å²) in [4.78, 5) is 43.2. The van der Waals surface area contributed by atoms with E-state index in [0.29, 0.717) is 17.1 Å². The third kappa shape index (κ3) is 5.61. The molecule has 36 heavy (non-hydrogen) atoms. The fourth-order valence-corrected chi connectivity index (χ4v) is 7.52. The highest BCUT2D eigenvalue weighted by Crippen LogP contribution is 2.45. The van der Waals surface area contributed by atoms with Crippen LogP contribution >= 0.6 is 32.9 Å². The van der Waals surface area contributed by atoms with E-state index >= 15 is 0 Å². The minimum atomic E-state index is -1.20. The molecule has 3 atom stereocenters. The number of methoxy groups -OCH3 is 1. The molecule has 0 radical (unpaired) electrons. The average Bonchev–Trinajstić information content (AvgIpc) is 3.28. The molecule has 3 unspecified atom stereocenters. The van der Waals surface area contributed by atoms with Crippen molar-refractivity contribution < 1.29 is 29.0 Å². The number of likely N-dealkylation sites (tertiary alicyclic amines) is 1. The number of ether oxygens (including phenoxy) is 2. The van der Waals surface area contributed by atoms with Crippen LogP contribution in [-0.2, 0) is 14.4 Å². The third-order valence-corrected chi connectivity index (χ3v) is 9.31. The van der Waals surface area contributed by atoms with Crippen molar-refractivity contribution in [1.29, 1.82) is 0 Å². The lowest BCUT2D eigenvalue weighted by atomic mass is 9.99. The molecule has 0 aliphatic carbocycles. The molecule has 1 aliphatic heterocycles. The maximum atomic E-state index is 13.0. The van der Waals surface area contributed by atoms with Crippen LogP contribution in [0.25, 0.3) is 10.2 Å². The molecule has 1 saturated heterocycles. The van der Waals surface area contributed by atoms with Crippen LogP contribution in [0.4, 0.5) is 0 Å². The van der Waals surface area contributed by atoms with Crippen LogP contribution in [0.5, 0.6) is 11.5 Å². The Hall–Kier alpha value is -3.22. The van der Waals surface area contributed by atoms with Crippen LogP contribution < -0.4 is 14.8 Å². The monoisotopic (exact) mass is 545 g/mol. The Balaban J connectivity index is 1.48. The Kier molecular flexibility index (Phi) is 8.07. The van der Waals surface area contributed by atoms with Crippen molar-refractivity contribution in [3.8, 4) is 11.5 Å². The first-order chi connectivity index (χ1) is 17.3. The van der Waals surface area contributed by atoms with Gasteiger partial charge in [-0.1, -0.05) is 35.6 Å². The first-order valence-electron chi connectivity index (χ1n) is 10.7. The Morgan fingerprint density at radius 2 is 2.00 bits per heavy atom. The molecule has 1 aliphatic rings. The summed E-state index contributed by atoms with van der Waals surface area (Å²) in [6.07, 6.45) is 0. The van der Waals surface area contributed by atoms with Gasteiger partial charge in [0.2, 0.25) is 5.91 Å². The number of carboxylic acids is 1. The molecule has 1 aromatic heterocycles. The Bertz CT molecular complexity index is 1280. The van der Waals surface area contributed by atoms with Crippen LogP contribution in [0.15, 0.2) is 65.0 Å². The molecule has 4 rings (SSSR count). The smallest absolute Gasteiger partial charge is 0.330 e. The van der Waals surface area contributed by atoms with E-state index in [1.54, 1.807) is 38.3 Å². The zero-order valence-electron chi connectivity index (χ0n) is 19.4. The number of para-hydroxylation sites is 1. The third-order valence-electron chi connectivity index (χ3n) is 5.28. The molecule has 12 heteroatoms. The number of thiazole rings is 1. The van der Waals surface area contributed by atoms with Crippen molar-refractivity contribution in [3.63, 3.8) is 0 Å². The van der Waals surface area contributed by atoms with Crippen LogP contribution in [0.2, 0.25) is 0 Å². The van der Waals surface area contributed by atoms with Gasteiger partial charge in [-0.2, -0.15) is 0 Å². The van der Waals surface area contributed by atoms with E-state index in [0.717, 1.165) is 14.6 Å². The molecule has 0 spiro atoms. The summed E-state index contributed by atoms with van der Waals surface area (Å²) in [5.74, 6) is -0.946. The molecule has 2 heterocycles. The summed E-state index contributed by atoms with van der Waals surface area (Å²) in [7, 11) is 4.16. The topological polar surface area (TPSA) is 118 Å². The van der Waals surface area contributed by atoms with Gasteiger partial charge in [-0.25, -0.2) is 9.78 Å². The zero-order chi connectivity index (χ0) is 25.8. The zero-order valence-corrected chi connectivity index (χ0v) is 21.8. The molecule has 3 aromatic rings. The van der Waals surface area contributed by atoms with Crippen molar-refractivity contribution in [2.24, 2.45) is 0 Å². The quantitative estimate of drug-likeness (QED) is 0.211. The molecule has 1 fully saturated rings. The van der Waals surface area contributed by atoms with E-state index in [-0.39, 0.29) is 6.61 Å². The van der Waals surface area contributed by atoms with Crippen LogP contribution in [0, 0.1) is 0 Å². The van der Waals surface area contributed by atoms with Gasteiger partial charge in [-0.3, -0.25) is 9.59 Å². The average molecular weight is 546 g/mol. The molecule has 188 valence electrons. The van der Waals surface area contributed by atoms with Gasteiger partial charge < -0.3 is 24.8 Å². The highest BCUT2D eigenvalue weighted by atomic mass is 33.1. The molecular weight excluding hydrogens is 522 g/mol.